The highest BCUT2D eigenvalue weighted by Crippen LogP contribution is 2.50. The minimum atomic E-state index is 0.241. The summed E-state index contributed by atoms with van der Waals surface area (Å²) in [4.78, 5) is 4.50. The Bertz CT molecular complexity index is 286. The fourth-order valence-electron chi connectivity index (χ4n) is 1.67. The Hall–Kier alpha value is -0.410. The van der Waals surface area contributed by atoms with Gasteiger partial charge in [-0.2, -0.15) is 0 Å². The highest BCUT2D eigenvalue weighted by Gasteiger charge is 2.49. The van der Waals surface area contributed by atoms with E-state index in [4.69, 9.17) is 5.73 Å². The average molecular weight is 182 g/mol. The van der Waals surface area contributed by atoms with Crippen LogP contribution in [0.3, 0.4) is 0 Å². The summed E-state index contributed by atoms with van der Waals surface area (Å²) in [5.41, 5.74) is 7.40. The van der Waals surface area contributed by atoms with Gasteiger partial charge in [0.15, 0.2) is 0 Å². The van der Waals surface area contributed by atoms with Crippen molar-refractivity contribution in [1.82, 2.24) is 4.98 Å². The average Bonchev–Trinajstić information content (AvgIpc) is 2.71. The first-order valence-electron chi connectivity index (χ1n) is 4.33. The monoisotopic (exact) mass is 182 g/mol. The van der Waals surface area contributed by atoms with Gasteiger partial charge in [0.05, 0.1) is 10.7 Å². The van der Waals surface area contributed by atoms with E-state index in [1.165, 1.54) is 18.5 Å². The van der Waals surface area contributed by atoms with Crippen molar-refractivity contribution in [2.24, 2.45) is 5.73 Å². The maximum atomic E-state index is 5.94. The SMILES string of the molecule is Cc1nc(C2(C(C)N)CC2)cs1. The van der Waals surface area contributed by atoms with Crippen molar-refractivity contribution in [1.29, 1.82) is 0 Å². The van der Waals surface area contributed by atoms with Crippen LogP contribution < -0.4 is 5.73 Å². The lowest BCUT2D eigenvalue weighted by Gasteiger charge is -2.16. The Morgan fingerprint density at radius 3 is 2.67 bits per heavy atom. The molecule has 1 aromatic rings. The molecule has 0 spiro atoms. The van der Waals surface area contributed by atoms with E-state index in [1.807, 2.05) is 6.92 Å². The van der Waals surface area contributed by atoms with Crippen LogP contribution in [0.5, 0.6) is 0 Å². The van der Waals surface area contributed by atoms with Gasteiger partial charge < -0.3 is 5.73 Å². The van der Waals surface area contributed by atoms with E-state index in [2.05, 4.69) is 17.3 Å². The summed E-state index contributed by atoms with van der Waals surface area (Å²) < 4.78 is 0. The largest absolute Gasteiger partial charge is 0.327 e. The van der Waals surface area contributed by atoms with E-state index in [0.717, 1.165) is 5.01 Å². The lowest BCUT2D eigenvalue weighted by molar-refractivity contribution is 0.544. The second-order valence-corrected chi connectivity index (χ2v) is 4.76. The molecule has 1 aromatic heterocycles. The van der Waals surface area contributed by atoms with E-state index in [1.54, 1.807) is 11.3 Å². The predicted molar refractivity (Wildman–Crippen MR) is 51.4 cm³/mol. The van der Waals surface area contributed by atoms with Crippen molar-refractivity contribution < 1.29 is 0 Å². The van der Waals surface area contributed by atoms with Gasteiger partial charge in [0.2, 0.25) is 0 Å². The van der Waals surface area contributed by atoms with Crippen LogP contribution in [0, 0.1) is 6.92 Å². The van der Waals surface area contributed by atoms with Crippen molar-refractivity contribution in [3.63, 3.8) is 0 Å². The summed E-state index contributed by atoms with van der Waals surface area (Å²) >= 11 is 1.72. The molecular weight excluding hydrogens is 168 g/mol. The highest BCUT2D eigenvalue weighted by atomic mass is 32.1. The first-order chi connectivity index (χ1) is 5.65. The lowest BCUT2D eigenvalue weighted by atomic mass is 9.96. The van der Waals surface area contributed by atoms with Gasteiger partial charge in [-0.1, -0.05) is 0 Å². The van der Waals surface area contributed by atoms with Crippen molar-refractivity contribution in [2.75, 3.05) is 0 Å². The van der Waals surface area contributed by atoms with E-state index < -0.39 is 0 Å². The van der Waals surface area contributed by atoms with Crippen LogP contribution in [0.1, 0.15) is 30.5 Å². The molecular formula is C9H14N2S. The van der Waals surface area contributed by atoms with Crippen LogP contribution in [-0.2, 0) is 5.41 Å². The van der Waals surface area contributed by atoms with Gasteiger partial charge in [0, 0.05) is 16.8 Å². The standard InChI is InChI=1S/C9H14N2S/c1-6(10)9(3-4-9)8-5-12-7(2)11-8/h5-6H,3-4,10H2,1-2H3. The molecule has 12 heavy (non-hydrogen) atoms. The number of aromatic nitrogens is 1. The third kappa shape index (κ3) is 1.08. The first-order valence-corrected chi connectivity index (χ1v) is 5.21. The Morgan fingerprint density at radius 1 is 1.67 bits per heavy atom. The van der Waals surface area contributed by atoms with Crippen molar-refractivity contribution in [2.45, 2.75) is 38.1 Å². The Morgan fingerprint density at radius 2 is 2.33 bits per heavy atom. The molecule has 1 fully saturated rings. The number of nitrogens with zero attached hydrogens (tertiary/aromatic N) is 1. The fourth-order valence-corrected chi connectivity index (χ4v) is 2.39. The minimum absolute atomic E-state index is 0.241. The van der Waals surface area contributed by atoms with Crippen LogP contribution in [0.15, 0.2) is 5.38 Å². The number of nitrogens with two attached hydrogens (primary N) is 1. The zero-order valence-electron chi connectivity index (χ0n) is 7.50. The summed E-state index contributed by atoms with van der Waals surface area (Å²) in [6.45, 7) is 4.13. The summed E-state index contributed by atoms with van der Waals surface area (Å²) in [5, 5.41) is 3.31. The molecule has 0 radical (unpaired) electrons. The molecule has 1 heterocycles. The van der Waals surface area contributed by atoms with Crippen molar-refractivity contribution in [3.05, 3.63) is 16.1 Å². The van der Waals surface area contributed by atoms with Gasteiger partial charge in [-0.15, -0.1) is 11.3 Å². The van der Waals surface area contributed by atoms with E-state index >= 15 is 0 Å². The topological polar surface area (TPSA) is 38.9 Å². The van der Waals surface area contributed by atoms with E-state index in [0.29, 0.717) is 0 Å². The van der Waals surface area contributed by atoms with Gasteiger partial charge in [-0.25, -0.2) is 4.98 Å². The normalized spacial score (nSPS) is 22.2. The molecule has 0 bridgehead atoms. The van der Waals surface area contributed by atoms with Gasteiger partial charge in [0.25, 0.3) is 0 Å². The maximum Gasteiger partial charge on any atom is 0.0897 e. The summed E-state index contributed by atoms with van der Waals surface area (Å²) in [7, 11) is 0. The first kappa shape index (κ1) is 8.20. The van der Waals surface area contributed by atoms with Gasteiger partial charge in [-0.05, 0) is 26.7 Å². The molecule has 1 saturated carbocycles. The molecule has 2 nitrogen and oxygen atoms in total. The van der Waals surface area contributed by atoms with E-state index in [9.17, 15) is 0 Å². The molecule has 3 heteroatoms. The highest BCUT2D eigenvalue weighted by molar-refractivity contribution is 7.09. The van der Waals surface area contributed by atoms with Crippen LogP contribution in [0.2, 0.25) is 0 Å². The van der Waals surface area contributed by atoms with Gasteiger partial charge >= 0.3 is 0 Å². The van der Waals surface area contributed by atoms with Gasteiger partial charge in [0.1, 0.15) is 0 Å². The molecule has 0 saturated heterocycles. The van der Waals surface area contributed by atoms with Crippen LogP contribution >= 0.6 is 11.3 Å². The van der Waals surface area contributed by atoms with Crippen LogP contribution in [-0.4, -0.2) is 11.0 Å². The second-order valence-electron chi connectivity index (χ2n) is 3.70. The summed E-state index contributed by atoms with van der Waals surface area (Å²) in [5.74, 6) is 0. The Labute approximate surface area is 76.8 Å². The number of aryl methyl sites for hydroxylation is 1. The summed E-state index contributed by atoms with van der Waals surface area (Å²) in [6, 6.07) is 0.249. The zero-order valence-corrected chi connectivity index (χ0v) is 8.32. The van der Waals surface area contributed by atoms with E-state index in [-0.39, 0.29) is 11.5 Å². The van der Waals surface area contributed by atoms with Gasteiger partial charge in [-0.3, -0.25) is 0 Å². The van der Waals surface area contributed by atoms with Crippen molar-refractivity contribution >= 4 is 11.3 Å². The van der Waals surface area contributed by atoms with Crippen LogP contribution in [0.4, 0.5) is 0 Å². The number of rotatable bonds is 2. The molecule has 0 aliphatic heterocycles. The molecule has 2 N–H and O–H groups in total. The molecule has 0 aromatic carbocycles. The Kier molecular flexibility index (Phi) is 1.73. The molecule has 1 aliphatic rings. The smallest absolute Gasteiger partial charge is 0.0897 e. The second kappa shape index (κ2) is 2.54. The molecule has 1 aliphatic carbocycles. The molecule has 0 amide bonds. The molecule has 66 valence electrons. The number of hydrogen-bond donors (Lipinski definition) is 1. The Balaban J connectivity index is 2.30. The number of hydrogen-bond acceptors (Lipinski definition) is 3. The predicted octanol–water partition coefficient (Wildman–Crippen LogP) is 1.83. The maximum absolute atomic E-state index is 5.94. The zero-order chi connectivity index (χ0) is 8.77. The molecule has 1 unspecified atom stereocenters. The van der Waals surface area contributed by atoms with Crippen LogP contribution in [0.25, 0.3) is 0 Å². The minimum Gasteiger partial charge on any atom is -0.327 e. The number of thiazole rings is 1. The third-order valence-corrected chi connectivity index (χ3v) is 3.56. The third-order valence-electron chi connectivity index (χ3n) is 2.79. The molecule has 2 rings (SSSR count). The summed E-state index contributed by atoms with van der Waals surface area (Å²) in [6.07, 6.45) is 2.43. The molecule has 1 atom stereocenters. The lowest BCUT2D eigenvalue weighted by Crippen LogP contribution is -2.31. The quantitative estimate of drug-likeness (QED) is 0.758. The van der Waals surface area contributed by atoms with Crippen molar-refractivity contribution in [3.8, 4) is 0 Å². The fraction of sp³-hybridized carbons (Fsp3) is 0.667.